The Morgan fingerprint density at radius 2 is 1.70 bits per heavy atom. The molecule has 1 amide bonds. The molecule has 1 aliphatic rings. The highest BCUT2D eigenvalue weighted by Crippen LogP contribution is 2.32. The van der Waals surface area contributed by atoms with Crippen LogP contribution < -0.4 is 5.32 Å². The van der Waals surface area contributed by atoms with Gasteiger partial charge in [-0.05, 0) is 12.1 Å². The summed E-state index contributed by atoms with van der Waals surface area (Å²) in [6, 6.07) is 2.92. The molecule has 110 valence electrons. The Bertz CT molecular complexity index is 517. The van der Waals surface area contributed by atoms with Gasteiger partial charge in [0.15, 0.2) is 0 Å². The maximum absolute atomic E-state index is 11.9. The van der Waals surface area contributed by atoms with E-state index in [2.05, 4.69) is 5.32 Å². The van der Waals surface area contributed by atoms with Gasteiger partial charge in [0.25, 0.3) is 0 Å². The van der Waals surface area contributed by atoms with Crippen molar-refractivity contribution in [3.8, 4) is 0 Å². The summed E-state index contributed by atoms with van der Waals surface area (Å²) < 4.78 is 0. The third-order valence-electron chi connectivity index (χ3n) is 2.99. The van der Waals surface area contributed by atoms with Crippen LogP contribution in [0.5, 0.6) is 0 Å². The lowest BCUT2D eigenvalue weighted by molar-refractivity contribution is -0.117. The molecule has 0 saturated carbocycles. The summed E-state index contributed by atoms with van der Waals surface area (Å²) in [4.78, 5) is 13.5. The monoisotopic (exact) mass is 338 g/mol. The number of carbonyl (C=O) groups is 1. The minimum Gasteiger partial charge on any atom is -0.389 e. The Balaban J connectivity index is 1.97. The quantitative estimate of drug-likeness (QED) is 0.732. The zero-order valence-electron chi connectivity index (χ0n) is 10.3. The number of hydrogen-bond donors (Lipinski definition) is 3. The molecular weight excluding hydrogens is 327 g/mol. The number of aliphatic hydroxyl groups excluding tert-OH is 2. The smallest absolute Gasteiger partial charge is 0.238 e. The minimum absolute atomic E-state index is 0.0463. The molecule has 1 aliphatic heterocycles. The van der Waals surface area contributed by atoms with Crippen molar-refractivity contribution in [2.45, 2.75) is 12.2 Å². The summed E-state index contributed by atoms with van der Waals surface area (Å²) in [5.41, 5.74) is 0.367. The summed E-state index contributed by atoms with van der Waals surface area (Å²) in [6.45, 7) is 0.554. The first-order valence-electron chi connectivity index (χ1n) is 5.89. The Morgan fingerprint density at radius 1 is 1.15 bits per heavy atom. The highest BCUT2D eigenvalue weighted by atomic mass is 35.5. The van der Waals surface area contributed by atoms with Crippen LogP contribution in [0.25, 0.3) is 0 Å². The highest BCUT2D eigenvalue weighted by molar-refractivity contribution is 6.44. The topological polar surface area (TPSA) is 72.8 Å². The fraction of sp³-hybridized carbons (Fsp3) is 0.417. The summed E-state index contributed by atoms with van der Waals surface area (Å²) >= 11 is 17.6. The molecule has 3 N–H and O–H groups in total. The molecule has 2 rings (SSSR count). The third-order valence-corrected chi connectivity index (χ3v) is 4.02. The molecule has 1 aromatic rings. The van der Waals surface area contributed by atoms with E-state index in [-0.39, 0.29) is 30.6 Å². The van der Waals surface area contributed by atoms with Crippen LogP contribution in [0.1, 0.15) is 0 Å². The van der Waals surface area contributed by atoms with Gasteiger partial charge in [-0.15, -0.1) is 0 Å². The Morgan fingerprint density at radius 3 is 2.30 bits per heavy atom. The number of aliphatic hydroxyl groups is 2. The molecule has 0 aromatic heterocycles. The maximum atomic E-state index is 11.9. The molecule has 0 radical (unpaired) electrons. The Kier molecular flexibility index (Phi) is 5.12. The van der Waals surface area contributed by atoms with Gasteiger partial charge in [-0.1, -0.05) is 34.8 Å². The molecule has 8 heteroatoms. The highest BCUT2D eigenvalue weighted by Gasteiger charge is 2.30. The average Bonchev–Trinajstić information content (AvgIpc) is 2.65. The van der Waals surface area contributed by atoms with Gasteiger partial charge in [-0.25, -0.2) is 0 Å². The summed E-state index contributed by atoms with van der Waals surface area (Å²) in [5, 5.41) is 22.3. The molecule has 5 nitrogen and oxygen atoms in total. The molecule has 0 unspecified atom stereocenters. The number of rotatable bonds is 3. The van der Waals surface area contributed by atoms with Gasteiger partial charge in [0, 0.05) is 13.1 Å². The van der Waals surface area contributed by atoms with E-state index in [4.69, 9.17) is 34.8 Å². The van der Waals surface area contributed by atoms with Crippen molar-refractivity contribution in [1.82, 2.24) is 4.90 Å². The van der Waals surface area contributed by atoms with E-state index in [9.17, 15) is 15.0 Å². The van der Waals surface area contributed by atoms with Crippen LogP contribution in [0.15, 0.2) is 12.1 Å². The van der Waals surface area contributed by atoms with E-state index in [0.717, 1.165) is 0 Å². The Labute approximate surface area is 131 Å². The number of nitrogens with zero attached hydrogens (tertiary/aromatic N) is 1. The van der Waals surface area contributed by atoms with Crippen molar-refractivity contribution < 1.29 is 15.0 Å². The number of carbonyl (C=O) groups excluding carboxylic acids is 1. The van der Waals surface area contributed by atoms with Crippen molar-refractivity contribution in [1.29, 1.82) is 0 Å². The first kappa shape index (κ1) is 15.8. The van der Waals surface area contributed by atoms with Crippen LogP contribution in [0.2, 0.25) is 15.1 Å². The molecular formula is C12H13Cl3N2O3. The molecule has 0 aliphatic carbocycles. The molecule has 0 bridgehead atoms. The summed E-state index contributed by atoms with van der Waals surface area (Å²) in [6.07, 6.45) is -1.65. The Hall–Kier alpha value is -0.560. The van der Waals surface area contributed by atoms with Crippen LogP contribution in [-0.2, 0) is 4.79 Å². The van der Waals surface area contributed by atoms with E-state index in [0.29, 0.717) is 15.7 Å². The number of halogens is 3. The molecule has 2 atom stereocenters. The lowest BCUT2D eigenvalue weighted by Crippen LogP contribution is -2.32. The zero-order chi connectivity index (χ0) is 14.9. The molecule has 1 saturated heterocycles. The van der Waals surface area contributed by atoms with Crippen molar-refractivity contribution in [2.75, 3.05) is 25.0 Å². The van der Waals surface area contributed by atoms with Crippen LogP contribution in [0, 0.1) is 0 Å². The van der Waals surface area contributed by atoms with Gasteiger partial charge in [0.2, 0.25) is 5.91 Å². The number of benzene rings is 1. The van der Waals surface area contributed by atoms with E-state index in [1.54, 1.807) is 4.90 Å². The van der Waals surface area contributed by atoms with Crippen molar-refractivity contribution >= 4 is 46.4 Å². The van der Waals surface area contributed by atoms with Gasteiger partial charge in [-0.3, -0.25) is 9.69 Å². The SMILES string of the molecule is O=C(CN1C[C@@H](O)[C@@H](O)C1)Nc1cc(Cl)c(Cl)cc1Cl. The van der Waals surface area contributed by atoms with E-state index in [1.165, 1.54) is 12.1 Å². The standard InChI is InChI=1S/C12H13Cl3N2O3/c13-6-1-8(15)9(2-7(6)14)16-12(20)5-17-3-10(18)11(19)4-17/h1-2,10-11,18-19H,3-5H2,(H,16,20)/t10-,11+. The average molecular weight is 340 g/mol. The second-order valence-corrected chi connectivity index (χ2v) is 5.84. The first-order chi connectivity index (χ1) is 9.36. The van der Waals surface area contributed by atoms with Crippen molar-refractivity contribution in [3.05, 3.63) is 27.2 Å². The van der Waals surface area contributed by atoms with Gasteiger partial charge >= 0.3 is 0 Å². The van der Waals surface area contributed by atoms with Crippen LogP contribution >= 0.6 is 34.8 Å². The van der Waals surface area contributed by atoms with Gasteiger partial charge < -0.3 is 15.5 Å². The number of nitrogens with one attached hydrogen (secondary N) is 1. The van der Waals surface area contributed by atoms with E-state index in [1.807, 2.05) is 0 Å². The first-order valence-corrected chi connectivity index (χ1v) is 7.03. The zero-order valence-corrected chi connectivity index (χ0v) is 12.6. The number of hydrogen-bond acceptors (Lipinski definition) is 4. The van der Waals surface area contributed by atoms with E-state index >= 15 is 0 Å². The van der Waals surface area contributed by atoms with Gasteiger partial charge in [0.1, 0.15) is 0 Å². The molecule has 1 heterocycles. The number of anilines is 1. The summed E-state index contributed by atoms with van der Waals surface area (Å²) in [7, 11) is 0. The van der Waals surface area contributed by atoms with E-state index < -0.39 is 12.2 Å². The lowest BCUT2D eigenvalue weighted by Gasteiger charge is -2.15. The summed E-state index contributed by atoms with van der Waals surface area (Å²) in [5.74, 6) is -0.313. The fourth-order valence-corrected chi connectivity index (χ4v) is 2.58. The third kappa shape index (κ3) is 3.75. The van der Waals surface area contributed by atoms with Gasteiger partial charge in [-0.2, -0.15) is 0 Å². The normalized spacial score (nSPS) is 23.1. The van der Waals surface area contributed by atoms with Crippen molar-refractivity contribution in [2.24, 2.45) is 0 Å². The minimum atomic E-state index is -0.823. The van der Waals surface area contributed by atoms with Crippen molar-refractivity contribution in [3.63, 3.8) is 0 Å². The van der Waals surface area contributed by atoms with Crippen LogP contribution in [-0.4, -0.2) is 52.9 Å². The molecule has 1 fully saturated rings. The maximum Gasteiger partial charge on any atom is 0.238 e. The molecule has 20 heavy (non-hydrogen) atoms. The molecule has 0 spiro atoms. The predicted octanol–water partition coefficient (Wildman–Crippen LogP) is 1.62. The largest absolute Gasteiger partial charge is 0.389 e. The van der Waals surface area contributed by atoms with Crippen LogP contribution in [0.3, 0.4) is 0 Å². The fourth-order valence-electron chi connectivity index (χ4n) is 1.99. The second-order valence-electron chi connectivity index (χ2n) is 4.62. The lowest BCUT2D eigenvalue weighted by atomic mass is 10.3. The number of likely N-dealkylation sites (tertiary alicyclic amines) is 1. The molecule has 1 aromatic carbocycles. The van der Waals surface area contributed by atoms with Gasteiger partial charge in [0.05, 0.1) is 39.5 Å². The predicted molar refractivity (Wildman–Crippen MR) is 78.6 cm³/mol. The second kappa shape index (κ2) is 6.47. The number of amides is 1. The number of β-amino-alcohol motifs (C(OH)–C–C–N with tert-alkyl or cyclic N) is 2. The van der Waals surface area contributed by atoms with Crippen LogP contribution in [0.4, 0.5) is 5.69 Å².